The number of hydrogen-bond donors (Lipinski definition) is 2. The Hall–Kier alpha value is -0.0800. The summed E-state index contributed by atoms with van der Waals surface area (Å²) < 4.78 is 0. The van der Waals surface area contributed by atoms with Crippen LogP contribution in [0.25, 0.3) is 0 Å². The summed E-state index contributed by atoms with van der Waals surface area (Å²) in [7, 11) is 0. The van der Waals surface area contributed by atoms with E-state index in [1.807, 2.05) is 0 Å². The van der Waals surface area contributed by atoms with E-state index in [4.69, 9.17) is 0 Å². The fourth-order valence-electron chi connectivity index (χ4n) is 3.61. The molecule has 1 aliphatic carbocycles. The van der Waals surface area contributed by atoms with Gasteiger partial charge in [-0.15, -0.1) is 0 Å². The van der Waals surface area contributed by atoms with E-state index in [0.717, 1.165) is 23.9 Å². The van der Waals surface area contributed by atoms with Crippen molar-refractivity contribution in [2.75, 3.05) is 13.1 Å². The van der Waals surface area contributed by atoms with Gasteiger partial charge in [-0.05, 0) is 56.0 Å². The molecule has 0 aromatic carbocycles. The van der Waals surface area contributed by atoms with Crippen molar-refractivity contribution in [2.45, 2.75) is 78.3 Å². The lowest BCUT2D eigenvalue weighted by molar-refractivity contribution is 0.185. The monoisotopic (exact) mass is 266 g/mol. The first-order valence-corrected chi connectivity index (χ1v) is 8.45. The van der Waals surface area contributed by atoms with E-state index in [1.54, 1.807) is 0 Å². The Morgan fingerprint density at radius 3 is 2.47 bits per heavy atom. The highest BCUT2D eigenvalue weighted by Crippen LogP contribution is 2.31. The third-order valence-corrected chi connectivity index (χ3v) is 5.60. The second-order valence-electron chi connectivity index (χ2n) is 7.93. The molecule has 2 N–H and O–H groups in total. The van der Waals surface area contributed by atoms with Crippen molar-refractivity contribution < 1.29 is 0 Å². The molecule has 1 heterocycles. The summed E-state index contributed by atoms with van der Waals surface area (Å²) in [5.74, 6) is 1.62. The minimum absolute atomic E-state index is 0.419. The van der Waals surface area contributed by atoms with Gasteiger partial charge in [-0.25, -0.2) is 0 Å². The topological polar surface area (TPSA) is 24.1 Å². The van der Waals surface area contributed by atoms with Crippen molar-refractivity contribution in [3.8, 4) is 0 Å². The molecule has 19 heavy (non-hydrogen) atoms. The zero-order valence-electron chi connectivity index (χ0n) is 13.5. The van der Waals surface area contributed by atoms with Gasteiger partial charge in [0, 0.05) is 12.1 Å². The highest BCUT2D eigenvalue weighted by molar-refractivity contribution is 4.92. The Kier molecular flexibility index (Phi) is 5.30. The van der Waals surface area contributed by atoms with Crippen LogP contribution in [0.4, 0.5) is 0 Å². The fourth-order valence-corrected chi connectivity index (χ4v) is 3.61. The second kappa shape index (κ2) is 6.58. The van der Waals surface area contributed by atoms with E-state index >= 15 is 0 Å². The van der Waals surface area contributed by atoms with Gasteiger partial charge in [-0.1, -0.05) is 40.5 Å². The highest BCUT2D eigenvalue weighted by atomic mass is 15.0. The first-order valence-electron chi connectivity index (χ1n) is 8.45. The molecule has 0 radical (unpaired) electrons. The lowest BCUT2D eigenvalue weighted by Crippen LogP contribution is -2.48. The quantitative estimate of drug-likeness (QED) is 0.813. The summed E-state index contributed by atoms with van der Waals surface area (Å²) >= 11 is 0. The Bertz CT molecular complexity index is 263. The van der Waals surface area contributed by atoms with Gasteiger partial charge in [-0.3, -0.25) is 0 Å². The Balaban J connectivity index is 1.85. The minimum Gasteiger partial charge on any atom is -0.314 e. The number of rotatable bonds is 4. The van der Waals surface area contributed by atoms with Crippen LogP contribution >= 0.6 is 0 Å². The molecule has 2 nitrogen and oxygen atoms in total. The Morgan fingerprint density at radius 2 is 1.84 bits per heavy atom. The molecule has 2 heteroatoms. The van der Waals surface area contributed by atoms with Gasteiger partial charge in [0.05, 0.1) is 0 Å². The van der Waals surface area contributed by atoms with Crippen LogP contribution in [0.3, 0.4) is 0 Å². The normalized spacial score (nSPS) is 34.4. The van der Waals surface area contributed by atoms with Gasteiger partial charge < -0.3 is 10.6 Å². The molecule has 1 saturated heterocycles. The average molecular weight is 266 g/mol. The molecule has 0 bridgehead atoms. The lowest BCUT2D eigenvalue weighted by atomic mass is 9.78. The van der Waals surface area contributed by atoms with Crippen molar-refractivity contribution in [3.05, 3.63) is 0 Å². The molecular weight excluding hydrogens is 232 g/mol. The largest absolute Gasteiger partial charge is 0.314 e. The predicted molar refractivity (Wildman–Crippen MR) is 83.4 cm³/mol. The zero-order valence-corrected chi connectivity index (χ0v) is 13.5. The van der Waals surface area contributed by atoms with Crippen LogP contribution in [0.15, 0.2) is 0 Å². The Labute approximate surface area is 120 Å². The average Bonchev–Trinajstić information content (AvgIpc) is 2.88. The summed E-state index contributed by atoms with van der Waals surface area (Å²) in [4.78, 5) is 0. The van der Waals surface area contributed by atoms with Crippen molar-refractivity contribution >= 4 is 0 Å². The van der Waals surface area contributed by atoms with Crippen LogP contribution in [0, 0.1) is 17.3 Å². The molecule has 2 rings (SSSR count). The van der Waals surface area contributed by atoms with E-state index in [9.17, 15) is 0 Å². The molecule has 1 saturated carbocycles. The van der Waals surface area contributed by atoms with Crippen molar-refractivity contribution in [3.63, 3.8) is 0 Å². The molecule has 0 amide bonds. The summed E-state index contributed by atoms with van der Waals surface area (Å²) in [6, 6.07) is 1.55. The van der Waals surface area contributed by atoms with Crippen LogP contribution in [-0.2, 0) is 0 Å². The third kappa shape index (κ3) is 4.19. The smallest absolute Gasteiger partial charge is 0.0111 e. The van der Waals surface area contributed by atoms with Crippen molar-refractivity contribution in [2.24, 2.45) is 17.3 Å². The van der Waals surface area contributed by atoms with Gasteiger partial charge in [0.1, 0.15) is 0 Å². The molecule has 2 fully saturated rings. The molecular formula is C17H34N2. The SMILES string of the molecule is CC(CNC1CCCCC1C1CCCN1)C(C)(C)C. The van der Waals surface area contributed by atoms with Crippen molar-refractivity contribution in [1.82, 2.24) is 10.6 Å². The van der Waals surface area contributed by atoms with Crippen molar-refractivity contribution in [1.29, 1.82) is 0 Å². The van der Waals surface area contributed by atoms with Crippen LogP contribution in [0.1, 0.15) is 66.2 Å². The molecule has 1 aliphatic heterocycles. The maximum absolute atomic E-state index is 3.91. The second-order valence-corrected chi connectivity index (χ2v) is 7.93. The molecule has 0 aromatic heterocycles. The molecule has 4 atom stereocenters. The molecule has 2 aliphatic rings. The van der Waals surface area contributed by atoms with E-state index in [2.05, 4.69) is 38.3 Å². The Morgan fingerprint density at radius 1 is 1.11 bits per heavy atom. The van der Waals surface area contributed by atoms with Crippen LogP contribution in [0.5, 0.6) is 0 Å². The molecule has 4 unspecified atom stereocenters. The zero-order chi connectivity index (χ0) is 13.9. The van der Waals surface area contributed by atoms with Gasteiger partial charge in [0.2, 0.25) is 0 Å². The molecule has 112 valence electrons. The summed E-state index contributed by atoms with van der Waals surface area (Å²) in [5.41, 5.74) is 0.419. The number of hydrogen-bond acceptors (Lipinski definition) is 2. The molecule has 0 spiro atoms. The fraction of sp³-hybridized carbons (Fsp3) is 1.00. The standard InChI is InChI=1S/C17H34N2/c1-13(17(2,3)4)12-19-16-9-6-5-8-14(16)15-10-7-11-18-15/h13-16,18-19H,5-12H2,1-4H3. The maximum atomic E-state index is 3.91. The first-order chi connectivity index (χ1) is 8.98. The van der Waals surface area contributed by atoms with Crippen LogP contribution < -0.4 is 10.6 Å². The van der Waals surface area contributed by atoms with Gasteiger partial charge in [0.15, 0.2) is 0 Å². The van der Waals surface area contributed by atoms with Crippen LogP contribution in [0.2, 0.25) is 0 Å². The van der Waals surface area contributed by atoms with E-state index < -0.39 is 0 Å². The third-order valence-electron chi connectivity index (χ3n) is 5.60. The van der Waals surface area contributed by atoms with Gasteiger partial charge in [0.25, 0.3) is 0 Å². The number of nitrogens with one attached hydrogen (secondary N) is 2. The summed E-state index contributed by atoms with van der Waals surface area (Å²) in [6.07, 6.45) is 8.46. The highest BCUT2D eigenvalue weighted by Gasteiger charge is 2.33. The van der Waals surface area contributed by atoms with E-state index in [0.29, 0.717) is 5.41 Å². The summed E-state index contributed by atoms with van der Waals surface area (Å²) in [6.45, 7) is 11.9. The van der Waals surface area contributed by atoms with Gasteiger partial charge >= 0.3 is 0 Å². The predicted octanol–water partition coefficient (Wildman–Crippen LogP) is 3.57. The van der Waals surface area contributed by atoms with Crippen LogP contribution in [-0.4, -0.2) is 25.2 Å². The maximum Gasteiger partial charge on any atom is 0.0111 e. The van der Waals surface area contributed by atoms with E-state index in [1.165, 1.54) is 51.6 Å². The summed E-state index contributed by atoms with van der Waals surface area (Å²) in [5, 5.41) is 7.65. The minimum atomic E-state index is 0.419. The van der Waals surface area contributed by atoms with E-state index in [-0.39, 0.29) is 0 Å². The lowest BCUT2D eigenvalue weighted by Gasteiger charge is -2.38. The first kappa shape index (κ1) is 15.3. The molecule has 0 aromatic rings. The van der Waals surface area contributed by atoms with Gasteiger partial charge in [-0.2, -0.15) is 0 Å².